The van der Waals surface area contributed by atoms with E-state index in [1.54, 1.807) is 17.8 Å². The SMILES string of the molecule is CCNC(=NCCNS(=O)(=O)c1cccnc1)NCCSC.I. The lowest BCUT2D eigenvalue weighted by Gasteiger charge is -2.10. The fraction of sp³-hybridized carbons (Fsp3) is 0.538. The van der Waals surface area contributed by atoms with Crippen molar-refractivity contribution in [3.05, 3.63) is 24.5 Å². The summed E-state index contributed by atoms with van der Waals surface area (Å²) in [7, 11) is -3.52. The molecule has 1 rings (SSSR count). The normalized spacial score (nSPS) is 11.7. The molecule has 0 saturated heterocycles. The summed E-state index contributed by atoms with van der Waals surface area (Å²) in [4.78, 5) is 8.29. The van der Waals surface area contributed by atoms with Gasteiger partial charge in [0.2, 0.25) is 10.0 Å². The quantitative estimate of drug-likeness (QED) is 0.214. The number of guanidine groups is 1. The van der Waals surface area contributed by atoms with Crippen molar-refractivity contribution in [2.45, 2.75) is 11.8 Å². The second-order valence-corrected chi connectivity index (χ2v) is 7.02. The minimum atomic E-state index is -3.52. The van der Waals surface area contributed by atoms with Crippen molar-refractivity contribution in [1.82, 2.24) is 20.3 Å². The minimum absolute atomic E-state index is 0. The Morgan fingerprint density at radius 1 is 1.35 bits per heavy atom. The first-order valence-corrected chi connectivity index (χ1v) is 9.88. The van der Waals surface area contributed by atoms with Crippen LogP contribution in [0.1, 0.15) is 6.92 Å². The fourth-order valence-electron chi connectivity index (χ4n) is 1.55. The Hall–Kier alpha value is -0.590. The van der Waals surface area contributed by atoms with Crippen molar-refractivity contribution in [3.63, 3.8) is 0 Å². The molecule has 0 aliphatic rings. The number of halogens is 1. The van der Waals surface area contributed by atoms with Crippen LogP contribution in [0.5, 0.6) is 0 Å². The molecule has 0 unspecified atom stereocenters. The summed E-state index contributed by atoms with van der Waals surface area (Å²) in [5, 5.41) is 6.29. The van der Waals surface area contributed by atoms with Crippen LogP contribution in [0.4, 0.5) is 0 Å². The van der Waals surface area contributed by atoms with Gasteiger partial charge < -0.3 is 10.6 Å². The zero-order valence-corrected chi connectivity index (χ0v) is 17.2. The van der Waals surface area contributed by atoms with Gasteiger partial charge in [0.05, 0.1) is 6.54 Å². The number of hydrogen-bond acceptors (Lipinski definition) is 5. The van der Waals surface area contributed by atoms with E-state index in [1.165, 1.54) is 18.5 Å². The smallest absolute Gasteiger partial charge is 0.242 e. The van der Waals surface area contributed by atoms with Gasteiger partial charge in [-0.1, -0.05) is 0 Å². The lowest BCUT2D eigenvalue weighted by Crippen LogP contribution is -2.39. The van der Waals surface area contributed by atoms with Gasteiger partial charge in [0.25, 0.3) is 0 Å². The molecule has 0 atom stereocenters. The van der Waals surface area contributed by atoms with Gasteiger partial charge in [0.15, 0.2) is 5.96 Å². The molecular weight excluding hydrogens is 449 g/mol. The topological polar surface area (TPSA) is 95.5 Å². The highest BCUT2D eigenvalue weighted by atomic mass is 127. The molecule has 132 valence electrons. The van der Waals surface area contributed by atoms with Crippen LogP contribution >= 0.6 is 35.7 Å². The lowest BCUT2D eigenvalue weighted by atomic mass is 10.5. The largest absolute Gasteiger partial charge is 0.357 e. The highest BCUT2D eigenvalue weighted by molar-refractivity contribution is 14.0. The number of aromatic nitrogens is 1. The molecule has 23 heavy (non-hydrogen) atoms. The van der Waals surface area contributed by atoms with Crippen LogP contribution in [0.2, 0.25) is 0 Å². The second kappa shape index (κ2) is 12.8. The van der Waals surface area contributed by atoms with Crippen molar-refractivity contribution in [3.8, 4) is 0 Å². The van der Waals surface area contributed by atoms with Gasteiger partial charge in [-0.3, -0.25) is 9.98 Å². The predicted octanol–water partition coefficient (Wildman–Crippen LogP) is 0.896. The van der Waals surface area contributed by atoms with Crippen LogP contribution in [-0.4, -0.2) is 57.5 Å². The third-order valence-electron chi connectivity index (χ3n) is 2.56. The number of sulfonamides is 1. The summed E-state index contributed by atoms with van der Waals surface area (Å²) in [6, 6.07) is 3.10. The minimum Gasteiger partial charge on any atom is -0.357 e. The van der Waals surface area contributed by atoms with E-state index >= 15 is 0 Å². The number of thioether (sulfide) groups is 1. The van der Waals surface area contributed by atoms with E-state index in [1.807, 2.05) is 13.2 Å². The number of rotatable bonds is 9. The van der Waals surface area contributed by atoms with Crippen LogP contribution in [0.15, 0.2) is 34.4 Å². The van der Waals surface area contributed by atoms with Crippen LogP contribution in [-0.2, 0) is 10.0 Å². The number of pyridine rings is 1. The van der Waals surface area contributed by atoms with Crippen LogP contribution in [0.3, 0.4) is 0 Å². The maximum atomic E-state index is 12.0. The Labute approximate surface area is 159 Å². The molecule has 0 spiro atoms. The molecule has 1 aromatic rings. The zero-order chi connectivity index (χ0) is 16.3. The first kappa shape index (κ1) is 22.4. The van der Waals surface area contributed by atoms with Crippen molar-refractivity contribution in [2.24, 2.45) is 4.99 Å². The van der Waals surface area contributed by atoms with Crippen LogP contribution in [0, 0.1) is 0 Å². The zero-order valence-electron chi connectivity index (χ0n) is 13.3. The van der Waals surface area contributed by atoms with E-state index in [9.17, 15) is 8.42 Å². The molecular formula is C13H24IN5O2S2. The number of nitrogens with one attached hydrogen (secondary N) is 3. The summed E-state index contributed by atoms with van der Waals surface area (Å²) < 4.78 is 26.5. The molecule has 1 heterocycles. The van der Waals surface area contributed by atoms with Gasteiger partial charge in [-0.05, 0) is 25.3 Å². The molecule has 10 heteroatoms. The number of aliphatic imine (C=N–C) groups is 1. The van der Waals surface area contributed by atoms with Crippen molar-refractivity contribution >= 4 is 51.7 Å². The summed E-state index contributed by atoms with van der Waals surface area (Å²) in [5.41, 5.74) is 0. The number of nitrogens with zero attached hydrogens (tertiary/aromatic N) is 2. The third kappa shape index (κ3) is 9.33. The standard InChI is InChI=1S/C13H23N5O2S2.HI/c1-3-15-13(17-9-10-21-2)16-7-8-18-22(19,20)12-5-4-6-14-11-12;/h4-6,11,18H,3,7-10H2,1-2H3,(H2,15,16,17);1H. The second-order valence-electron chi connectivity index (χ2n) is 4.27. The average Bonchev–Trinajstić information content (AvgIpc) is 2.52. The average molecular weight is 473 g/mol. The number of hydrogen-bond donors (Lipinski definition) is 3. The van der Waals surface area contributed by atoms with Crippen LogP contribution < -0.4 is 15.4 Å². The summed E-state index contributed by atoms with van der Waals surface area (Å²) >= 11 is 1.75. The molecule has 0 bridgehead atoms. The molecule has 0 amide bonds. The molecule has 0 aliphatic heterocycles. The van der Waals surface area contributed by atoms with Crippen molar-refractivity contribution in [2.75, 3.05) is 38.2 Å². The van der Waals surface area contributed by atoms with E-state index in [2.05, 4.69) is 25.3 Å². The van der Waals surface area contributed by atoms with E-state index in [4.69, 9.17) is 0 Å². The Balaban J connectivity index is 0.00000484. The Morgan fingerprint density at radius 2 is 2.13 bits per heavy atom. The maximum Gasteiger partial charge on any atom is 0.242 e. The van der Waals surface area contributed by atoms with E-state index in [-0.39, 0.29) is 35.4 Å². The predicted molar refractivity (Wildman–Crippen MR) is 107 cm³/mol. The summed E-state index contributed by atoms with van der Waals surface area (Å²) in [6.45, 7) is 4.14. The Bertz CT molecular complexity index is 555. The van der Waals surface area contributed by atoms with E-state index < -0.39 is 10.0 Å². The van der Waals surface area contributed by atoms with Crippen LogP contribution in [0.25, 0.3) is 0 Å². The molecule has 0 aromatic carbocycles. The monoisotopic (exact) mass is 473 g/mol. The molecule has 0 radical (unpaired) electrons. The van der Waals surface area contributed by atoms with Gasteiger partial charge in [0.1, 0.15) is 4.90 Å². The van der Waals surface area contributed by atoms with Crippen molar-refractivity contribution in [1.29, 1.82) is 0 Å². The highest BCUT2D eigenvalue weighted by Gasteiger charge is 2.12. The maximum absolute atomic E-state index is 12.0. The molecule has 1 aromatic heterocycles. The highest BCUT2D eigenvalue weighted by Crippen LogP contribution is 2.04. The summed E-state index contributed by atoms with van der Waals surface area (Å²) in [5.74, 6) is 1.68. The summed E-state index contributed by atoms with van der Waals surface area (Å²) in [6.07, 6.45) is 4.89. The van der Waals surface area contributed by atoms with Crippen molar-refractivity contribution < 1.29 is 8.42 Å². The van der Waals surface area contributed by atoms with Gasteiger partial charge in [-0.15, -0.1) is 24.0 Å². The van der Waals surface area contributed by atoms with E-state index in [0.29, 0.717) is 12.5 Å². The van der Waals surface area contributed by atoms with Gasteiger partial charge in [0, 0.05) is 37.8 Å². The molecule has 0 aliphatic carbocycles. The fourth-order valence-corrected chi connectivity index (χ4v) is 2.84. The van der Waals surface area contributed by atoms with Gasteiger partial charge >= 0.3 is 0 Å². The first-order valence-electron chi connectivity index (χ1n) is 7.01. The van der Waals surface area contributed by atoms with Gasteiger partial charge in [-0.25, -0.2) is 13.1 Å². The first-order chi connectivity index (χ1) is 10.6. The molecule has 7 nitrogen and oxygen atoms in total. The molecule has 0 fully saturated rings. The molecule has 0 saturated carbocycles. The Morgan fingerprint density at radius 3 is 2.74 bits per heavy atom. The third-order valence-corrected chi connectivity index (χ3v) is 4.62. The van der Waals surface area contributed by atoms with E-state index in [0.717, 1.165) is 18.8 Å². The lowest BCUT2D eigenvalue weighted by molar-refractivity contribution is 0.581. The van der Waals surface area contributed by atoms with Gasteiger partial charge in [-0.2, -0.15) is 11.8 Å². The Kier molecular flexibility index (Phi) is 12.5. The molecule has 3 N–H and O–H groups in total.